The number of hydrogen-bond acceptors (Lipinski definition) is 7. The third-order valence-corrected chi connectivity index (χ3v) is 6.67. The van der Waals surface area contributed by atoms with Crippen molar-refractivity contribution >= 4 is 74.0 Å². The molecule has 0 aliphatic rings. The molecule has 2 aromatic heterocycles. The summed E-state index contributed by atoms with van der Waals surface area (Å²) >= 11 is 14.1. The number of carbonyl (C=O) groups excluding carboxylic acids is 2. The van der Waals surface area contributed by atoms with Crippen molar-refractivity contribution in [3.63, 3.8) is 0 Å². The summed E-state index contributed by atoms with van der Waals surface area (Å²) in [6, 6.07) is 3.97. The highest BCUT2D eigenvalue weighted by Gasteiger charge is 2.22. The summed E-state index contributed by atoms with van der Waals surface area (Å²) in [5, 5.41) is 13.2. The van der Waals surface area contributed by atoms with E-state index in [1.54, 1.807) is 0 Å². The number of fused-ring (bicyclic) bond motifs is 1. The molecule has 0 aliphatic heterocycles. The second-order valence-electron chi connectivity index (χ2n) is 5.66. The molecule has 3 aromatic rings. The number of nitrogens with two attached hydrogens (primary N) is 1. The number of nitrogens with one attached hydrogen (secondary N) is 2. The van der Waals surface area contributed by atoms with Crippen molar-refractivity contribution in [2.45, 2.75) is 4.21 Å². The summed E-state index contributed by atoms with van der Waals surface area (Å²) in [5.41, 5.74) is 5.33. The molecule has 2 amide bonds. The van der Waals surface area contributed by atoms with Crippen LogP contribution in [0.4, 0.5) is 5.69 Å². The minimum Gasteiger partial charge on any atom is -0.506 e. The Balaban J connectivity index is 1.85. The highest BCUT2D eigenvalue weighted by atomic mass is 35.5. The quantitative estimate of drug-likeness (QED) is 0.405. The number of thiophene rings is 1. The van der Waals surface area contributed by atoms with Gasteiger partial charge in [0.25, 0.3) is 11.5 Å². The van der Waals surface area contributed by atoms with Gasteiger partial charge in [-0.25, -0.2) is 0 Å². The van der Waals surface area contributed by atoms with Crippen LogP contribution in [-0.2, 0) is 4.79 Å². The fraction of sp³-hybridized carbons (Fsp3) is 0.118. The minimum atomic E-state index is -0.788. The van der Waals surface area contributed by atoms with E-state index in [9.17, 15) is 19.5 Å². The van der Waals surface area contributed by atoms with E-state index in [0.29, 0.717) is 19.6 Å². The topological polar surface area (TPSA) is 135 Å². The number of aromatic amines is 1. The van der Waals surface area contributed by atoms with Gasteiger partial charge in [-0.3, -0.25) is 14.4 Å². The van der Waals surface area contributed by atoms with Gasteiger partial charge in [-0.2, -0.15) is 0 Å². The Morgan fingerprint density at radius 1 is 1.34 bits per heavy atom. The molecule has 0 atom stereocenters. The second-order valence-corrected chi connectivity index (χ2v) is 8.77. The molecule has 0 saturated carbocycles. The first-order valence-electron chi connectivity index (χ1n) is 7.85. The van der Waals surface area contributed by atoms with Crippen LogP contribution in [0, 0.1) is 0 Å². The molecule has 2 heterocycles. The molecule has 0 bridgehead atoms. The summed E-state index contributed by atoms with van der Waals surface area (Å²) < 4.78 is 5.86. The molecule has 5 N–H and O–H groups in total. The molecule has 152 valence electrons. The number of thioether (sulfide) groups is 1. The third-order valence-electron chi connectivity index (χ3n) is 3.69. The van der Waals surface area contributed by atoms with E-state index in [1.807, 2.05) is 0 Å². The standard InChI is InChI=1S/C17H13Cl2N3O5S2/c1-27-14-7(19)2-6(18)3-8(14)21-11(25)5-28-17-12(16(20)26)13-15(29-17)9(23)4-10(24)22-13/h2-4H,5H2,1H3,(H2,20,26)(H,21,25)(H2,22,23,24). The summed E-state index contributed by atoms with van der Waals surface area (Å²) in [6.45, 7) is 0. The van der Waals surface area contributed by atoms with Gasteiger partial charge in [0.15, 0.2) is 5.75 Å². The third kappa shape index (κ3) is 4.45. The lowest BCUT2D eigenvalue weighted by Crippen LogP contribution is -2.16. The van der Waals surface area contributed by atoms with Gasteiger partial charge in [-0.05, 0) is 12.1 Å². The van der Waals surface area contributed by atoms with Gasteiger partial charge < -0.3 is 25.9 Å². The first kappa shape index (κ1) is 21.3. The fourth-order valence-electron chi connectivity index (χ4n) is 2.56. The molecule has 12 heteroatoms. The van der Waals surface area contributed by atoms with Gasteiger partial charge in [0.1, 0.15) is 5.75 Å². The average Bonchev–Trinajstić information content (AvgIpc) is 2.98. The van der Waals surface area contributed by atoms with Crippen LogP contribution in [0.15, 0.2) is 27.2 Å². The van der Waals surface area contributed by atoms with E-state index >= 15 is 0 Å². The zero-order valence-electron chi connectivity index (χ0n) is 14.7. The predicted octanol–water partition coefficient (Wildman–Crippen LogP) is 3.44. The lowest BCUT2D eigenvalue weighted by Gasteiger charge is -2.12. The van der Waals surface area contributed by atoms with E-state index in [-0.39, 0.29) is 33.4 Å². The van der Waals surface area contributed by atoms with Crippen molar-refractivity contribution in [3.8, 4) is 11.5 Å². The number of methoxy groups -OCH3 is 1. The van der Waals surface area contributed by atoms with Crippen molar-refractivity contribution < 1.29 is 19.4 Å². The smallest absolute Gasteiger partial charge is 0.252 e. The van der Waals surface area contributed by atoms with Crippen molar-refractivity contribution in [2.24, 2.45) is 5.73 Å². The number of carbonyl (C=O) groups is 2. The summed E-state index contributed by atoms with van der Waals surface area (Å²) in [5.74, 6) is -1.31. The predicted molar refractivity (Wildman–Crippen MR) is 115 cm³/mol. The summed E-state index contributed by atoms with van der Waals surface area (Å²) in [4.78, 5) is 38.4. The van der Waals surface area contributed by atoms with E-state index < -0.39 is 17.4 Å². The summed E-state index contributed by atoms with van der Waals surface area (Å²) in [6.07, 6.45) is 0. The van der Waals surface area contributed by atoms with E-state index in [2.05, 4.69) is 10.3 Å². The average molecular weight is 474 g/mol. The SMILES string of the molecule is COc1c(Cl)cc(Cl)cc1NC(=O)CSc1sc2c(O)cc(=O)[nH]c2c1C(N)=O. The van der Waals surface area contributed by atoms with E-state index in [0.717, 1.165) is 29.2 Å². The molecule has 0 fully saturated rings. The molecule has 3 rings (SSSR count). The molecule has 0 radical (unpaired) electrons. The molecular weight excluding hydrogens is 461 g/mol. The highest BCUT2D eigenvalue weighted by Crippen LogP contribution is 2.40. The van der Waals surface area contributed by atoms with Crippen LogP contribution in [-0.4, -0.2) is 34.8 Å². The van der Waals surface area contributed by atoms with Gasteiger partial charge in [-0.15, -0.1) is 23.1 Å². The number of anilines is 1. The Morgan fingerprint density at radius 2 is 2.07 bits per heavy atom. The number of benzene rings is 1. The molecule has 0 spiro atoms. The van der Waals surface area contributed by atoms with Crippen LogP contribution >= 0.6 is 46.3 Å². The van der Waals surface area contributed by atoms with Crippen molar-refractivity contribution in [1.82, 2.24) is 4.98 Å². The van der Waals surface area contributed by atoms with Gasteiger partial charge in [0.05, 0.1) is 43.6 Å². The zero-order chi connectivity index (χ0) is 21.3. The zero-order valence-corrected chi connectivity index (χ0v) is 17.8. The van der Waals surface area contributed by atoms with Crippen LogP contribution in [0.5, 0.6) is 11.5 Å². The lowest BCUT2D eigenvalue weighted by atomic mass is 10.2. The molecular formula is C17H13Cl2N3O5S2. The molecule has 0 saturated heterocycles. The second kappa shape index (κ2) is 8.54. The molecule has 0 aliphatic carbocycles. The van der Waals surface area contributed by atoms with Crippen LogP contribution in [0.3, 0.4) is 0 Å². The van der Waals surface area contributed by atoms with E-state index in [1.165, 1.54) is 19.2 Å². The number of hydrogen-bond donors (Lipinski definition) is 4. The van der Waals surface area contributed by atoms with Gasteiger partial charge in [-0.1, -0.05) is 23.2 Å². The van der Waals surface area contributed by atoms with Crippen molar-refractivity contribution in [1.29, 1.82) is 0 Å². The Bertz CT molecular complexity index is 1190. The lowest BCUT2D eigenvalue weighted by molar-refractivity contribution is -0.113. The number of H-pyrrole nitrogens is 1. The maximum absolute atomic E-state index is 12.4. The first-order valence-corrected chi connectivity index (χ1v) is 10.4. The Hall–Kier alpha value is -2.40. The Kier molecular flexibility index (Phi) is 6.27. The van der Waals surface area contributed by atoms with Crippen molar-refractivity contribution in [2.75, 3.05) is 18.2 Å². The maximum atomic E-state index is 12.4. The van der Waals surface area contributed by atoms with Crippen LogP contribution in [0.2, 0.25) is 10.0 Å². The van der Waals surface area contributed by atoms with Crippen LogP contribution in [0.1, 0.15) is 10.4 Å². The number of pyridine rings is 1. The van der Waals surface area contributed by atoms with Gasteiger partial charge in [0.2, 0.25) is 5.91 Å². The van der Waals surface area contributed by atoms with Gasteiger partial charge in [0, 0.05) is 11.1 Å². The molecule has 0 unspecified atom stereocenters. The monoisotopic (exact) mass is 473 g/mol. The first-order chi connectivity index (χ1) is 13.7. The number of primary amides is 1. The molecule has 1 aromatic carbocycles. The number of aromatic nitrogens is 1. The Labute approximate surface area is 182 Å². The van der Waals surface area contributed by atoms with Crippen LogP contribution < -0.4 is 21.3 Å². The molecule has 8 nitrogen and oxygen atoms in total. The number of halogens is 2. The number of ether oxygens (including phenoxy) is 1. The van der Waals surface area contributed by atoms with Gasteiger partial charge >= 0.3 is 0 Å². The largest absolute Gasteiger partial charge is 0.506 e. The Morgan fingerprint density at radius 3 is 2.72 bits per heavy atom. The normalized spacial score (nSPS) is 10.9. The van der Waals surface area contributed by atoms with Crippen LogP contribution in [0.25, 0.3) is 10.2 Å². The number of aromatic hydroxyl groups is 1. The minimum absolute atomic E-state index is 0.0409. The van der Waals surface area contributed by atoms with Crippen molar-refractivity contribution in [3.05, 3.63) is 44.2 Å². The summed E-state index contributed by atoms with van der Waals surface area (Å²) in [7, 11) is 1.41. The maximum Gasteiger partial charge on any atom is 0.252 e. The molecule has 29 heavy (non-hydrogen) atoms. The number of rotatable bonds is 6. The highest BCUT2D eigenvalue weighted by molar-refractivity contribution is 8.02. The number of amides is 2. The van der Waals surface area contributed by atoms with E-state index in [4.69, 9.17) is 33.7 Å². The fourth-order valence-corrected chi connectivity index (χ4v) is 5.39.